The average molecular weight is 272 g/mol. The Balaban J connectivity index is 2.39. The third kappa shape index (κ3) is 3.05. The quantitative estimate of drug-likeness (QED) is 0.661. The summed E-state index contributed by atoms with van der Waals surface area (Å²) in [5.41, 5.74) is 5.99. The summed E-state index contributed by atoms with van der Waals surface area (Å²) in [6, 6.07) is 5.83. The van der Waals surface area contributed by atoms with Crippen molar-refractivity contribution in [2.24, 2.45) is 5.84 Å². The number of hydrazine groups is 1. The van der Waals surface area contributed by atoms with Gasteiger partial charge in [-0.15, -0.1) is 0 Å². The molecule has 0 radical (unpaired) electrons. The van der Waals surface area contributed by atoms with E-state index in [0.29, 0.717) is 17.5 Å². The van der Waals surface area contributed by atoms with Crippen LogP contribution in [0.2, 0.25) is 0 Å². The summed E-state index contributed by atoms with van der Waals surface area (Å²) in [6.45, 7) is 8.14. The summed E-state index contributed by atoms with van der Waals surface area (Å²) in [5.74, 6) is 7.97. The minimum atomic E-state index is 0.498. The number of anilines is 1. The SMILES string of the molecule is CCc1nc(NN)cc(Oc2cc(C)cc(C)c2C)n1. The Morgan fingerprint density at radius 3 is 2.55 bits per heavy atom. The molecular weight excluding hydrogens is 252 g/mol. The molecule has 1 heterocycles. The van der Waals surface area contributed by atoms with Crippen LogP contribution >= 0.6 is 0 Å². The summed E-state index contributed by atoms with van der Waals surface area (Å²) in [5, 5.41) is 0. The smallest absolute Gasteiger partial charge is 0.224 e. The number of rotatable bonds is 4. The van der Waals surface area contributed by atoms with Crippen molar-refractivity contribution >= 4 is 5.82 Å². The van der Waals surface area contributed by atoms with Gasteiger partial charge < -0.3 is 10.2 Å². The molecule has 0 atom stereocenters. The van der Waals surface area contributed by atoms with Gasteiger partial charge in [0.25, 0.3) is 0 Å². The Morgan fingerprint density at radius 2 is 1.90 bits per heavy atom. The van der Waals surface area contributed by atoms with Crippen molar-refractivity contribution in [2.45, 2.75) is 34.1 Å². The van der Waals surface area contributed by atoms with E-state index in [9.17, 15) is 0 Å². The summed E-state index contributed by atoms with van der Waals surface area (Å²) in [7, 11) is 0. The van der Waals surface area contributed by atoms with E-state index < -0.39 is 0 Å². The topological polar surface area (TPSA) is 73.1 Å². The first-order valence-corrected chi connectivity index (χ1v) is 6.63. The fourth-order valence-electron chi connectivity index (χ4n) is 1.98. The number of nitrogens with zero attached hydrogens (tertiary/aromatic N) is 2. The molecule has 3 N–H and O–H groups in total. The number of hydrogen-bond donors (Lipinski definition) is 2. The molecule has 0 aliphatic rings. The van der Waals surface area contributed by atoms with Crippen molar-refractivity contribution in [3.63, 3.8) is 0 Å². The minimum absolute atomic E-state index is 0.498. The van der Waals surface area contributed by atoms with Crippen molar-refractivity contribution in [3.8, 4) is 11.6 Å². The molecule has 1 aromatic carbocycles. The molecule has 0 saturated heterocycles. The molecule has 0 aliphatic carbocycles. The lowest BCUT2D eigenvalue weighted by molar-refractivity contribution is 0.455. The number of aryl methyl sites for hydroxylation is 3. The molecule has 1 aromatic heterocycles. The predicted molar refractivity (Wildman–Crippen MR) is 79.9 cm³/mol. The van der Waals surface area contributed by atoms with Gasteiger partial charge in [-0.25, -0.2) is 10.8 Å². The zero-order valence-corrected chi connectivity index (χ0v) is 12.3. The number of nitrogens with two attached hydrogens (primary N) is 1. The van der Waals surface area contributed by atoms with Crippen LogP contribution in [0.3, 0.4) is 0 Å². The highest BCUT2D eigenvalue weighted by Crippen LogP contribution is 2.28. The molecule has 5 nitrogen and oxygen atoms in total. The Kier molecular flexibility index (Phi) is 4.20. The van der Waals surface area contributed by atoms with Crippen LogP contribution in [0.5, 0.6) is 11.6 Å². The van der Waals surface area contributed by atoms with Crippen molar-refractivity contribution in [3.05, 3.63) is 40.7 Å². The zero-order valence-electron chi connectivity index (χ0n) is 12.3. The largest absolute Gasteiger partial charge is 0.439 e. The molecule has 0 fully saturated rings. The van der Waals surface area contributed by atoms with Crippen molar-refractivity contribution < 1.29 is 4.74 Å². The van der Waals surface area contributed by atoms with Gasteiger partial charge in [0, 0.05) is 12.5 Å². The molecule has 0 saturated carbocycles. The maximum Gasteiger partial charge on any atom is 0.224 e. The fraction of sp³-hybridized carbons (Fsp3) is 0.333. The van der Waals surface area contributed by atoms with Crippen LogP contribution in [0.4, 0.5) is 5.82 Å². The Bertz CT molecular complexity index is 603. The van der Waals surface area contributed by atoms with Crippen LogP contribution in [0.25, 0.3) is 0 Å². The van der Waals surface area contributed by atoms with E-state index in [4.69, 9.17) is 10.6 Å². The monoisotopic (exact) mass is 272 g/mol. The number of benzene rings is 1. The van der Waals surface area contributed by atoms with Gasteiger partial charge >= 0.3 is 0 Å². The summed E-state index contributed by atoms with van der Waals surface area (Å²) in [6.07, 6.45) is 0.720. The average Bonchev–Trinajstić information content (AvgIpc) is 2.43. The van der Waals surface area contributed by atoms with Crippen LogP contribution in [0, 0.1) is 20.8 Å². The second kappa shape index (κ2) is 5.88. The second-order valence-corrected chi connectivity index (χ2v) is 4.81. The van der Waals surface area contributed by atoms with Crippen LogP contribution in [-0.2, 0) is 6.42 Å². The van der Waals surface area contributed by atoms with Crippen LogP contribution in [0.1, 0.15) is 29.4 Å². The molecule has 2 aromatic rings. The normalized spacial score (nSPS) is 10.4. The molecule has 0 bridgehead atoms. The molecular formula is C15H20N4O. The van der Waals surface area contributed by atoms with Crippen LogP contribution < -0.4 is 16.0 Å². The molecule has 0 amide bonds. The second-order valence-electron chi connectivity index (χ2n) is 4.81. The molecule has 5 heteroatoms. The Hall–Kier alpha value is -2.14. The fourth-order valence-corrected chi connectivity index (χ4v) is 1.98. The zero-order chi connectivity index (χ0) is 14.7. The van der Waals surface area contributed by atoms with Crippen LogP contribution in [-0.4, -0.2) is 9.97 Å². The maximum atomic E-state index is 5.91. The van der Waals surface area contributed by atoms with Gasteiger partial charge in [-0.3, -0.25) is 0 Å². The third-order valence-corrected chi connectivity index (χ3v) is 3.19. The Morgan fingerprint density at radius 1 is 1.15 bits per heavy atom. The van der Waals surface area contributed by atoms with E-state index in [1.165, 1.54) is 5.56 Å². The summed E-state index contributed by atoms with van der Waals surface area (Å²) < 4.78 is 5.91. The highest BCUT2D eigenvalue weighted by molar-refractivity contribution is 5.45. The van der Waals surface area contributed by atoms with Gasteiger partial charge in [0.05, 0.1) is 0 Å². The van der Waals surface area contributed by atoms with Gasteiger partial charge in [0.1, 0.15) is 17.4 Å². The van der Waals surface area contributed by atoms with E-state index in [1.54, 1.807) is 6.07 Å². The molecule has 0 spiro atoms. The third-order valence-electron chi connectivity index (χ3n) is 3.19. The number of aromatic nitrogens is 2. The number of hydrogen-bond acceptors (Lipinski definition) is 5. The summed E-state index contributed by atoms with van der Waals surface area (Å²) >= 11 is 0. The molecule has 20 heavy (non-hydrogen) atoms. The highest BCUT2D eigenvalue weighted by atomic mass is 16.5. The first-order valence-electron chi connectivity index (χ1n) is 6.63. The van der Waals surface area contributed by atoms with Gasteiger partial charge in [0.15, 0.2) is 0 Å². The molecule has 106 valence electrons. The maximum absolute atomic E-state index is 5.91. The van der Waals surface area contributed by atoms with Gasteiger partial charge in [-0.2, -0.15) is 4.98 Å². The van der Waals surface area contributed by atoms with Crippen molar-refractivity contribution in [2.75, 3.05) is 5.43 Å². The van der Waals surface area contributed by atoms with E-state index in [1.807, 2.05) is 26.8 Å². The number of nitrogens with one attached hydrogen (secondary N) is 1. The Labute approximate surface area is 119 Å². The van der Waals surface area contributed by atoms with Crippen molar-refractivity contribution in [1.82, 2.24) is 9.97 Å². The first-order chi connectivity index (χ1) is 9.53. The lowest BCUT2D eigenvalue weighted by Crippen LogP contribution is -2.10. The van der Waals surface area contributed by atoms with Gasteiger partial charge in [-0.1, -0.05) is 13.0 Å². The first kappa shape index (κ1) is 14.3. The lowest BCUT2D eigenvalue weighted by Gasteiger charge is -2.12. The van der Waals surface area contributed by atoms with Gasteiger partial charge in [-0.05, 0) is 43.5 Å². The molecule has 0 aliphatic heterocycles. The minimum Gasteiger partial charge on any atom is -0.439 e. The molecule has 2 rings (SSSR count). The predicted octanol–water partition coefficient (Wildman–Crippen LogP) is 3.04. The number of ether oxygens (including phenoxy) is 1. The lowest BCUT2D eigenvalue weighted by atomic mass is 10.1. The summed E-state index contributed by atoms with van der Waals surface area (Å²) in [4.78, 5) is 8.61. The van der Waals surface area contributed by atoms with Gasteiger partial charge in [0.2, 0.25) is 5.88 Å². The van der Waals surface area contributed by atoms with E-state index >= 15 is 0 Å². The van der Waals surface area contributed by atoms with Crippen LogP contribution in [0.15, 0.2) is 18.2 Å². The van der Waals surface area contributed by atoms with E-state index in [2.05, 4.69) is 28.4 Å². The molecule has 0 unspecified atom stereocenters. The van der Waals surface area contributed by atoms with E-state index in [-0.39, 0.29) is 0 Å². The van der Waals surface area contributed by atoms with Crippen molar-refractivity contribution in [1.29, 1.82) is 0 Å². The standard InChI is InChI=1S/C15H20N4O/c1-5-13-17-14(19-16)8-15(18-13)20-12-7-9(2)6-10(3)11(12)4/h6-8H,5,16H2,1-4H3,(H,17,18,19). The highest BCUT2D eigenvalue weighted by Gasteiger charge is 2.09. The number of nitrogen functional groups attached to an aromatic ring is 1. The van der Waals surface area contributed by atoms with E-state index in [0.717, 1.165) is 23.3 Å².